The number of aliphatic imine (C=N–C) groups is 1. The zero-order chi connectivity index (χ0) is 24.6. The zero-order valence-corrected chi connectivity index (χ0v) is 20.5. The number of nitrogens with one attached hydrogen (secondary N) is 1. The van der Waals surface area contributed by atoms with Crippen LogP contribution in [0.4, 0.5) is 5.82 Å². The van der Waals surface area contributed by atoms with Gasteiger partial charge in [0.25, 0.3) is 0 Å². The summed E-state index contributed by atoms with van der Waals surface area (Å²) >= 11 is 6.09. The zero-order valence-electron chi connectivity index (χ0n) is 19.7. The fraction of sp³-hybridized carbons (Fsp3) is 0.308. The van der Waals surface area contributed by atoms with E-state index in [0.29, 0.717) is 34.5 Å². The van der Waals surface area contributed by atoms with Crippen molar-refractivity contribution in [2.75, 3.05) is 40.3 Å². The Kier molecular flexibility index (Phi) is 8.14. The normalized spacial score (nSPS) is 15.9. The van der Waals surface area contributed by atoms with Gasteiger partial charge in [0, 0.05) is 37.8 Å². The molecule has 0 bridgehead atoms. The fourth-order valence-corrected chi connectivity index (χ4v) is 3.85. The summed E-state index contributed by atoms with van der Waals surface area (Å²) in [5, 5.41) is 1.34. The summed E-state index contributed by atoms with van der Waals surface area (Å²) in [5.74, 6) is 7.42. The minimum Gasteiger partial charge on any atom is -0.479 e. The van der Waals surface area contributed by atoms with Gasteiger partial charge in [-0.25, -0.2) is 15.0 Å². The molecule has 1 aromatic carbocycles. The molecule has 0 radical (unpaired) electrons. The van der Waals surface area contributed by atoms with Crippen LogP contribution in [-0.2, 0) is 4.79 Å². The number of H-pyrrole nitrogens is 1. The van der Waals surface area contributed by atoms with Crippen molar-refractivity contribution in [1.82, 2.24) is 24.8 Å². The Morgan fingerprint density at radius 2 is 2.23 bits per heavy atom. The summed E-state index contributed by atoms with van der Waals surface area (Å²) in [6, 6.07) is 9.16. The van der Waals surface area contributed by atoms with Gasteiger partial charge >= 0.3 is 0 Å². The highest BCUT2D eigenvalue weighted by atomic mass is 35.5. The minimum atomic E-state index is 0.0412. The molecule has 8 nitrogen and oxygen atoms in total. The van der Waals surface area contributed by atoms with Crippen LogP contribution in [0.5, 0.6) is 5.75 Å². The molecule has 180 valence electrons. The first-order valence-electron chi connectivity index (χ1n) is 11.3. The molecular weight excluding hydrogens is 464 g/mol. The van der Waals surface area contributed by atoms with Gasteiger partial charge in [0.2, 0.25) is 5.91 Å². The fourth-order valence-electron chi connectivity index (χ4n) is 3.66. The monoisotopic (exact) mass is 490 g/mol. The predicted octanol–water partition coefficient (Wildman–Crippen LogP) is 3.71. The summed E-state index contributed by atoms with van der Waals surface area (Å²) in [4.78, 5) is 32.6. The Morgan fingerprint density at radius 1 is 1.37 bits per heavy atom. The average molecular weight is 491 g/mol. The number of hydrogen-bond acceptors (Lipinski definition) is 6. The van der Waals surface area contributed by atoms with Crippen LogP contribution in [0.3, 0.4) is 0 Å². The maximum Gasteiger partial charge on any atom is 0.246 e. The Bertz CT molecular complexity index is 1300. The second-order valence-electron chi connectivity index (χ2n) is 8.44. The summed E-state index contributed by atoms with van der Waals surface area (Å²) in [6.07, 6.45) is 7.77. The number of rotatable bonds is 7. The molecule has 1 fully saturated rings. The van der Waals surface area contributed by atoms with E-state index in [1.807, 2.05) is 54.4 Å². The summed E-state index contributed by atoms with van der Waals surface area (Å²) in [7, 11) is 3.94. The van der Waals surface area contributed by atoms with Crippen LogP contribution in [-0.4, -0.2) is 77.2 Å². The predicted molar refractivity (Wildman–Crippen MR) is 138 cm³/mol. The highest BCUT2D eigenvalue weighted by molar-refractivity contribution is 6.32. The van der Waals surface area contributed by atoms with Crippen molar-refractivity contribution in [3.05, 3.63) is 59.5 Å². The van der Waals surface area contributed by atoms with Gasteiger partial charge in [-0.15, -0.1) is 0 Å². The van der Waals surface area contributed by atoms with Crippen LogP contribution in [0.2, 0.25) is 5.02 Å². The van der Waals surface area contributed by atoms with E-state index in [1.165, 1.54) is 6.33 Å². The van der Waals surface area contributed by atoms with E-state index in [-0.39, 0.29) is 18.4 Å². The second kappa shape index (κ2) is 11.6. The van der Waals surface area contributed by atoms with E-state index >= 15 is 0 Å². The average Bonchev–Trinajstić information content (AvgIpc) is 3.48. The number of benzene rings is 1. The molecule has 0 saturated carbocycles. The van der Waals surface area contributed by atoms with Gasteiger partial charge in [-0.05, 0) is 44.6 Å². The Morgan fingerprint density at radius 3 is 3.06 bits per heavy atom. The lowest BCUT2D eigenvalue weighted by atomic mass is 10.1. The summed E-state index contributed by atoms with van der Waals surface area (Å²) in [5.41, 5.74) is 1.36. The van der Waals surface area contributed by atoms with Crippen molar-refractivity contribution in [3.8, 4) is 17.6 Å². The summed E-state index contributed by atoms with van der Waals surface area (Å²) in [6.45, 7) is 2.32. The molecule has 1 aliphatic heterocycles. The number of halogens is 1. The first-order valence-corrected chi connectivity index (χ1v) is 11.7. The number of likely N-dealkylation sites (N-methyl/N-ethyl adjacent to an activating group) is 1. The maximum absolute atomic E-state index is 12.4. The van der Waals surface area contributed by atoms with Crippen LogP contribution < -0.4 is 4.74 Å². The molecule has 1 atom stereocenters. The number of likely N-dealkylation sites (tertiary alicyclic amines) is 1. The second-order valence-corrected chi connectivity index (χ2v) is 8.85. The molecule has 0 aliphatic carbocycles. The van der Waals surface area contributed by atoms with Gasteiger partial charge in [0.1, 0.15) is 24.3 Å². The van der Waals surface area contributed by atoms with Crippen molar-refractivity contribution in [3.63, 3.8) is 0 Å². The maximum atomic E-state index is 12.4. The van der Waals surface area contributed by atoms with Gasteiger partial charge in [-0.2, -0.15) is 0 Å². The number of fused-ring (bicyclic) bond motifs is 1. The van der Waals surface area contributed by atoms with Gasteiger partial charge in [0.15, 0.2) is 5.82 Å². The number of para-hydroxylation sites is 1. The van der Waals surface area contributed by atoms with Crippen LogP contribution >= 0.6 is 11.6 Å². The number of ether oxygens (including phenoxy) is 1. The van der Waals surface area contributed by atoms with E-state index in [4.69, 9.17) is 16.3 Å². The van der Waals surface area contributed by atoms with Gasteiger partial charge < -0.3 is 19.5 Å². The first-order chi connectivity index (χ1) is 17.0. The summed E-state index contributed by atoms with van der Waals surface area (Å²) < 4.78 is 5.60. The highest BCUT2D eigenvalue weighted by Gasteiger charge is 2.23. The molecule has 3 heterocycles. The van der Waals surface area contributed by atoms with E-state index < -0.39 is 0 Å². The number of hydrogen-bond donors (Lipinski definition) is 1. The third-order valence-electron chi connectivity index (χ3n) is 5.44. The van der Waals surface area contributed by atoms with Crippen molar-refractivity contribution in [1.29, 1.82) is 0 Å². The molecule has 35 heavy (non-hydrogen) atoms. The van der Waals surface area contributed by atoms with Gasteiger partial charge in [0.05, 0.1) is 16.1 Å². The van der Waals surface area contributed by atoms with Gasteiger partial charge in [-0.3, -0.25) is 4.79 Å². The Balaban J connectivity index is 1.37. The Hall–Kier alpha value is -3.67. The molecule has 1 unspecified atom stereocenters. The molecule has 0 spiro atoms. The van der Waals surface area contributed by atoms with E-state index in [9.17, 15) is 4.79 Å². The van der Waals surface area contributed by atoms with Crippen molar-refractivity contribution in [2.45, 2.75) is 6.42 Å². The third kappa shape index (κ3) is 6.69. The van der Waals surface area contributed by atoms with Crippen molar-refractivity contribution >= 4 is 40.6 Å². The number of aromatic nitrogens is 3. The third-order valence-corrected chi connectivity index (χ3v) is 5.75. The van der Waals surface area contributed by atoms with Crippen molar-refractivity contribution in [2.24, 2.45) is 10.9 Å². The minimum absolute atomic E-state index is 0.0412. The number of carbonyl (C=O) groups is 1. The van der Waals surface area contributed by atoms with Crippen LogP contribution in [0, 0.1) is 17.8 Å². The molecule has 9 heteroatoms. The number of amides is 1. The largest absolute Gasteiger partial charge is 0.479 e. The molecule has 1 amide bonds. The molecule has 3 aromatic rings. The van der Waals surface area contributed by atoms with Crippen LogP contribution in [0.15, 0.2) is 53.8 Å². The van der Waals surface area contributed by atoms with Gasteiger partial charge in [-0.1, -0.05) is 35.7 Å². The highest BCUT2D eigenvalue weighted by Crippen LogP contribution is 2.24. The number of carbonyl (C=O) groups excluding carboxylic acids is 1. The van der Waals surface area contributed by atoms with E-state index in [1.54, 1.807) is 18.2 Å². The molecule has 1 saturated heterocycles. The lowest BCUT2D eigenvalue weighted by molar-refractivity contribution is -0.125. The Labute approximate surface area is 209 Å². The molecule has 4 rings (SSSR count). The van der Waals surface area contributed by atoms with E-state index in [0.717, 1.165) is 24.9 Å². The lowest BCUT2D eigenvalue weighted by Crippen LogP contribution is -2.27. The number of aromatic amines is 1. The van der Waals surface area contributed by atoms with Crippen LogP contribution in [0.1, 0.15) is 12.1 Å². The molecule has 1 N–H and O–H groups in total. The quantitative estimate of drug-likeness (QED) is 0.310. The van der Waals surface area contributed by atoms with E-state index in [2.05, 4.69) is 31.8 Å². The SMILES string of the molecule is CN(C)C/C=C/C(=O)N1CCC(/C=N\c2ncnc3[nH]c(C#CCOc4ccccc4Cl)cc23)C1. The molecule has 1 aliphatic rings. The first kappa shape index (κ1) is 24.5. The molecular formula is C26H27ClN6O2. The van der Waals surface area contributed by atoms with Crippen LogP contribution in [0.25, 0.3) is 11.0 Å². The lowest BCUT2D eigenvalue weighted by Gasteiger charge is -2.13. The standard InChI is InChI=1S/C26H27ClN6O2/c1-32(2)12-5-10-24(34)33-13-11-19(17-33)16-28-25-21-15-20(31-26(21)30-18-29-25)7-6-14-35-23-9-4-3-8-22(23)27/h3-5,8-10,15-16,18-19H,11-14,17H2,1-2H3,(H,29,30,31)/b10-5+,28-16-. The number of nitrogens with zero attached hydrogens (tertiary/aromatic N) is 5. The smallest absolute Gasteiger partial charge is 0.246 e. The topological polar surface area (TPSA) is 86.7 Å². The molecule has 2 aromatic heterocycles. The van der Waals surface area contributed by atoms with Crippen molar-refractivity contribution < 1.29 is 9.53 Å².